The third-order valence-electron chi connectivity index (χ3n) is 6.10. The largest absolute Gasteiger partial charge is 0.450 e. The molecule has 0 aliphatic carbocycles. The molecule has 1 aliphatic heterocycles. The highest BCUT2D eigenvalue weighted by atomic mass is 19.1. The molecule has 4 aromatic rings. The van der Waals surface area contributed by atoms with Crippen molar-refractivity contribution < 1.29 is 13.6 Å². The Hall–Kier alpha value is -3.80. The Kier molecular flexibility index (Phi) is 4.89. The van der Waals surface area contributed by atoms with Gasteiger partial charge in [0.05, 0.1) is 17.0 Å². The predicted molar refractivity (Wildman–Crippen MR) is 124 cm³/mol. The predicted octanol–water partition coefficient (Wildman–Crippen LogP) is 5.37. The molecule has 0 unspecified atom stereocenters. The summed E-state index contributed by atoms with van der Waals surface area (Å²) in [6, 6.07) is 14.7. The van der Waals surface area contributed by atoms with E-state index in [1.807, 2.05) is 30.3 Å². The summed E-state index contributed by atoms with van der Waals surface area (Å²) < 4.78 is 19.8. The minimum atomic E-state index is -0.648. The van der Waals surface area contributed by atoms with Gasteiger partial charge in [0.1, 0.15) is 11.4 Å². The number of carbonyl (C=O) groups is 1. The van der Waals surface area contributed by atoms with Crippen LogP contribution in [0.15, 0.2) is 76.2 Å². The number of benzene rings is 2. The van der Waals surface area contributed by atoms with Gasteiger partial charge >= 0.3 is 0 Å². The first-order valence-electron chi connectivity index (χ1n) is 10.8. The van der Waals surface area contributed by atoms with Crippen molar-refractivity contribution in [2.45, 2.75) is 38.8 Å². The Labute approximate surface area is 190 Å². The van der Waals surface area contributed by atoms with Crippen LogP contribution in [0.2, 0.25) is 0 Å². The molecule has 5 nitrogen and oxygen atoms in total. The lowest BCUT2D eigenvalue weighted by Crippen LogP contribution is -2.29. The maximum Gasteiger partial charge on any atom is 0.291 e. The molecule has 2 aromatic heterocycles. The maximum absolute atomic E-state index is 13.9. The fourth-order valence-corrected chi connectivity index (χ4v) is 4.36. The van der Waals surface area contributed by atoms with E-state index in [-0.39, 0.29) is 40.2 Å². The molecule has 166 valence electrons. The van der Waals surface area contributed by atoms with E-state index in [9.17, 15) is 14.0 Å². The number of hydrogen-bond donors (Lipinski definition) is 0. The van der Waals surface area contributed by atoms with Gasteiger partial charge in [-0.05, 0) is 46.4 Å². The number of fused-ring (bicyclic) bond motifs is 2. The van der Waals surface area contributed by atoms with Gasteiger partial charge in [-0.3, -0.25) is 14.6 Å². The first-order chi connectivity index (χ1) is 15.7. The van der Waals surface area contributed by atoms with Gasteiger partial charge in [0, 0.05) is 18.9 Å². The smallest absolute Gasteiger partial charge is 0.291 e. The van der Waals surface area contributed by atoms with Crippen molar-refractivity contribution in [2.75, 3.05) is 0 Å². The number of rotatable bonds is 3. The minimum Gasteiger partial charge on any atom is -0.450 e. The lowest BCUT2D eigenvalue weighted by Gasteiger charge is -2.26. The second-order valence-electron chi connectivity index (χ2n) is 9.38. The summed E-state index contributed by atoms with van der Waals surface area (Å²) in [4.78, 5) is 32.7. The molecule has 1 atom stereocenters. The van der Waals surface area contributed by atoms with Crippen LogP contribution in [-0.2, 0) is 12.0 Å². The van der Waals surface area contributed by atoms with Gasteiger partial charge in [0.25, 0.3) is 5.91 Å². The lowest BCUT2D eigenvalue weighted by atomic mass is 9.86. The van der Waals surface area contributed by atoms with Crippen molar-refractivity contribution in [3.63, 3.8) is 0 Å². The van der Waals surface area contributed by atoms with Crippen molar-refractivity contribution in [2.24, 2.45) is 0 Å². The lowest BCUT2D eigenvalue weighted by molar-refractivity contribution is 0.0714. The van der Waals surface area contributed by atoms with Gasteiger partial charge in [-0.2, -0.15) is 0 Å². The molecule has 2 aromatic carbocycles. The molecule has 6 heteroatoms. The fourth-order valence-electron chi connectivity index (χ4n) is 4.36. The Morgan fingerprint density at radius 2 is 1.82 bits per heavy atom. The van der Waals surface area contributed by atoms with Gasteiger partial charge in [-0.15, -0.1) is 0 Å². The number of hydrogen-bond acceptors (Lipinski definition) is 4. The Bertz CT molecular complexity index is 1420. The van der Waals surface area contributed by atoms with Crippen LogP contribution in [-0.4, -0.2) is 15.8 Å². The molecule has 0 saturated carbocycles. The molecule has 1 amide bonds. The quantitative estimate of drug-likeness (QED) is 0.428. The van der Waals surface area contributed by atoms with Crippen molar-refractivity contribution in [3.8, 4) is 0 Å². The van der Waals surface area contributed by atoms with Gasteiger partial charge in [0.2, 0.25) is 5.76 Å². The summed E-state index contributed by atoms with van der Waals surface area (Å²) in [5.41, 5.74) is 2.77. The zero-order chi connectivity index (χ0) is 23.3. The van der Waals surface area contributed by atoms with Crippen LogP contribution in [0.1, 0.15) is 59.6 Å². The Morgan fingerprint density at radius 3 is 2.48 bits per heavy atom. The SMILES string of the molecule is CC(C)(C)c1ccc([C@H]2c3c(oc4ccc(F)cc4c3=O)C(=O)N2Cc2cccnc2)cc1. The molecule has 0 radical (unpaired) electrons. The third-order valence-corrected chi connectivity index (χ3v) is 6.10. The van der Waals surface area contributed by atoms with E-state index in [4.69, 9.17) is 4.42 Å². The molecular weight excluding hydrogens is 419 g/mol. The van der Waals surface area contributed by atoms with E-state index in [0.29, 0.717) is 0 Å². The number of nitrogens with zero attached hydrogens (tertiary/aromatic N) is 2. The zero-order valence-corrected chi connectivity index (χ0v) is 18.6. The highest BCUT2D eigenvalue weighted by molar-refractivity contribution is 5.99. The van der Waals surface area contributed by atoms with E-state index in [1.165, 1.54) is 12.1 Å². The number of aromatic nitrogens is 1. The number of carbonyl (C=O) groups excluding carboxylic acids is 1. The molecule has 0 N–H and O–H groups in total. The van der Waals surface area contributed by atoms with E-state index >= 15 is 0 Å². The maximum atomic E-state index is 13.9. The summed E-state index contributed by atoms with van der Waals surface area (Å²) in [5, 5.41) is 0.126. The number of amides is 1. The topological polar surface area (TPSA) is 63.4 Å². The molecule has 0 fully saturated rings. The van der Waals surface area contributed by atoms with Crippen molar-refractivity contribution >= 4 is 16.9 Å². The Morgan fingerprint density at radius 1 is 1.06 bits per heavy atom. The second-order valence-corrected chi connectivity index (χ2v) is 9.38. The number of halogens is 1. The van der Waals surface area contributed by atoms with Crippen LogP contribution in [0.25, 0.3) is 11.0 Å². The summed E-state index contributed by atoms with van der Waals surface area (Å²) in [5.74, 6) is -0.896. The molecule has 33 heavy (non-hydrogen) atoms. The highest BCUT2D eigenvalue weighted by Crippen LogP contribution is 2.39. The van der Waals surface area contributed by atoms with Crippen molar-refractivity contribution in [1.29, 1.82) is 0 Å². The molecule has 3 heterocycles. The third kappa shape index (κ3) is 3.61. The normalized spacial score (nSPS) is 15.8. The summed E-state index contributed by atoms with van der Waals surface area (Å²) in [6.07, 6.45) is 3.36. The summed E-state index contributed by atoms with van der Waals surface area (Å²) in [7, 11) is 0. The molecule has 5 rings (SSSR count). The minimum absolute atomic E-state index is 0.00731. The van der Waals surface area contributed by atoms with Crippen LogP contribution in [0, 0.1) is 5.82 Å². The fraction of sp³-hybridized carbons (Fsp3) is 0.222. The summed E-state index contributed by atoms with van der Waals surface area (Å²) >= 11 is 0. The van der Waals surface area contributed by atoms with Crippen LogP contribution >= 0.6 is 0 Å². The first kappa shape index (κ1) is 21.1. The molecular formula is C27H23FN2O3. The van der Waals surface area contributed by atoms with Gasteiger partial charge < -0.3 is 9.32 Å². The molecule has 0 spiro atoms. The average Bonchev–Trinajstić information content (AvgIpc) is 3.06. The number of pyridine rings is 1. The van der Waals surface area contributed by atoms with E-state index in [1.54, 1.807) is 23.4 Å². The zero-order valence-electron chi connectivity index (χ0n) is 18.6. The average molecular weight is 442 g/mol. The van der Waals surface area contributed by atoms with Crippen LogP contribution in [0.5, 0.6) is 0 Å². The highest BCUT2D eigenvalue weighted by Gasteiger charge is 2.42. The van der Waals surface area contributed by atoms with Crippen LogP contribution < -0.4 is 5.43 Å². The summed E-state index contributed by atoms with van der Waals surface area (Å²) in [6.45, 7) is 6.63. The van der Waals surface area contributed by atoms with E-state index in [2.05, 4.69) is 25.8 Å². The van der Waals surface area contributed by atoms with Crippen molar-refractivity contribution in [1.82, 2.24) is 9.88 Å². The molecule has 0 bridgehead atoms. The molecule has 1 aliphatic rings. The van der Waals surface area contributed by atoms with Crippen molar-refractivity contribution in [3.05, 3.63) is 111 Å². The van der Waals surface area contributed by atoms with Gasteiger partial charge in [0.15, 0.2) is 5.43 Å². The van der Waals surface area contributed by atoms with Gasteiger partial charge in [-0.1, -0.05) is 51.1 Å². The van der Waals surface area contributed by atoms with Crippen LogP contribution in [0.3, 0.4) is 0 Å². The van der Waals surface area contributed by atoms with Gasteiger partial charge in [-0.25, -0.2) is 4.39 Å². The second kappa shape index (κ2) is 7.66. The van der Waals surface area contributed by atoms with Crippen LogP contribution in [0.4, 0.5) is 4.39 Å². The first-order valence-corrected chi connectivity index (χ1v) is 10.8. The standard InChI is InChI=1S/C27H23FN2O3/c1-27(2,3)18-8-6-17(7-9-18)23-22-24(31)20-13-19(28)10-11-21(20)33-25(22)26(32)30(23)15-16-5-4-12-29-14-16/h4-14,23H,15H2,1-3H3/t23-/m0/s1. The Balaban J connectivity index is 1.71. The molecule has 0 saturated heterocycles. The monoisotopic (exact) mass is 442 g/mol. The van der Waals surface area contributed by atoms with E-state index in [0.717, 1.165) is 22.8 Å². The van der Waals surface area contributed by atoms with E-state index < -0.39 is 17.3 Å².